The molecule has 5 heteroatoms. The molecule has 3 rings (SSSR count). The minimum absolute atomic E-state index is 0.108. The normalized spacial score (nSPS) is 13.8. The quantitative estimate of drug-likeness (QED) is 0.798. The van der Waals surface area contributed by atoms with E-state index in [0.717, 1.165) is 30.0 Å². The summed E-state index contributed by atoms with van der Waals surface area (Å²) in [6.45, 7) is 4.00. The maximum Gasteiger partial charge on any atom is 0.250 e. The SMILES string of the molecule is C=CC(=O)N(Cc1cnc(C2CC2)o1)c1ccc(CCO)cc1. The van der Waals surface area contributed by atoms with E-state index in [1.165, 1.54) is 6.08 Å². The second-order valence-corrected chi connectivity index (χ2v) is 5.71. The Hall–Kier alpha value is -2.40. The van der Waals surface area contributed by atoms with Gasteiger partial charge in [0.1, 0.15) is 5.76 Å². The average Bonchev–Trinajstić information content (AvgIpc) is 3.32. The van der Waals surface area contributed by atoms with Crippen LogP contribution in [0.5, 0.6) is 0 Å². The number of carbonyl (C=O) groups excluding carboxylic acids is 1. The molecule has 0 aliphatic heterocycles. The number of aliphatic hydroxyl groups is 1. The summed E-state index contributed by atoms with van der Waals surface area (Å²) in [6.07, 6.45) is 5.84. The number of aromatic nitrogens is 1. The molecular formula is C18H20N2O3. The van der Waals surface area contributed by atoms with Gasteiger partial charge in [-0.05, 0) is 43.0 Å². The van der Waals surface area contributed by atoms with E-state index >= 15 is 0 Å². The molecule has 120 valence electrons. The molecule has 0 spiro atoms. The molecule has 0 radical (unpaired) electrons. The highest BCUT2D eigenvalue weighted by molar-refractivity contribution is 6.00. The molecule has 1 aromatic carbocycles. The van der Waals surface area contributed by atoms with E-state index in [0.29, 0.717) is 24.6 Å². The molecule has 0 saturated heterocycles. The van der Waals surface area contributed by atoms with Crippen molar-refractivity contribution in [2.24, 2.45) is 0 Å². The fraction of sp³-hybridized carbons (Fsp3) is 0.333. The smallest absolute Gasteiger partial charge is 0.250 e. The second-order valence-electron chi connectivity index (χ2n) is 5.71. The van der Waals surface area contributed by atoms with Crippen LogP contribution in [0.3, 0.4) is 0 Å². The molecule has 1 amide bonds. The molecule has 1 aliphatic rings. The summed E-state index contributed by atoms with van der Waals surface area (Å²) < 4.78 is 5.74. The summed E-state index contributed by atoms with van der Waals surface area (Å²) in [5.41, 5.74) is 1.79. The summed E-state index contributed by atoms with van der Waals surface area (Å²) in [4.78, 5) is 18.1. The van der Waals surface area contributed by atoms with Crippen molar-refractivity contribution < 1.29 is 14.3 Å². The Balaban J connectivity index is 1.78. The lowest BCUT2D eigenvalue weighted by Gasteiger charge is -2.20. The Labute approximate surface area is 135 Å². The van der Waals surface area contributed by atoms with Crippen LogP contribution < -0.4 is 4.90 Å². The van der Waals surface area contributed by atoms with Gasteiger partial charge in [0.25, 0.3) is 5.91 Å². The van der Waals surface area contributed by atoms with E-state index in [-0.39, 0.29) is 12.5 Å². The van der Waals surface area contributed by atoms with Crippen LogP contribution in [0, 0.1) is 0 Å². The standard InChI is InChI=1S/C18H20N2O3/c1-2-17(22)20(15-7-3-13(4-8-15)9-10-21)12-16-11-19-18(23-16)14-5-6-14/h2-4,7-8,11,14,21H,1,5-6,9-10,12H2. The zero-order valence-electron chi connectivity index (χ0n) is 12.9. The van der Waals surface area contributed by atoms with Crippen LogP contribution in [0.1, 0.15) is 36.0 Å². The maximum atomic E-state index is 12.2. The molecule has 5 nitrogen and oxygen atoms in total. The van der Waals surface area contributed by atoms with Crippen molar-refractivity contribution in [1.29, 1.82) is 0 Å². The Morgan fingerprint density at radius 1 is 1.39 bits per heavy atom. The predicted octanol–water partition coefficient (Wildman–Crippen LogP) is 2.81. The average molecular weight is 312 g/mol. The largest absolute Gasteiger partial charge is 0.444 e. The Bertz CT molecular complexity index is 687. The number of amides is 1. The zero-order valence-corrected chi connectivity index (χ0v) is 12.9. The van der Waals surface area contributed by atoms with Gasteiger partial charge in [0.05, 0.1) is 12.7 Å². The first kappa shape index (κ1) is 15.5. The molecule has 1 N–H and O–H groups in total. The van der Waals surface area contributed by atoms with Crippen LogP contribution in [0.2, 0.25) is 0 Å². The topological polar surface area (TPSA) is 66.6 Å². The minimum atomic E-state index is -0.190. The van der Waals surface area contributed by atoms with E-state index in [4.69, 9.17) is 9.52 Å². The number of anilines is 1. The van der Waals surface area contributed by atoms with Crippen molar-refractivity contribution in [2.45, 2.75) is 31.7 Å². The number of rotatable bonds is 7. The Morgan fingerprint density at radius 3 is 2.74 bits per heavy atom. The van der Waals surface area contributed by atoms with E-state index in [2.05, 4.69) is 11.6 Å². The fourth-order valence-corrected chi connectivity index (χ4v) is 2.45. The highest BCUT2D eigenvalue weighted by Gasteiger charge is 2.29. The molecule has 1 aromatic heterocycles. The molecule has 1 heterocycles. The first-order valence-corrected chi connectivity index (χ1v) is 7.79. The molecule has 2 aromatic rings. The molecule has 0 atom stereocenters. The number of oxazole rings is 1. The number of benzene rings is 1. The third kappa shape index (κ3) is 3.68. The van der Waals surface area contributed by atoms with Crippen LogP contribution >= 0.6 is 0 Å². The Morgan fingerprint density at radius 2 is 2.13 bits per heavy atom. The van der Waals surface area contributed by atoms with Gasteiger partial charge in [0.15, 0.2) is 5.89 Å². The van der Waals surface area contributed by atoms with Crippen molar-refractivity contribution >= 4 is 11.6 Å². The van der Waals surface area contributed by atoms with Gasteiger partial charge in [-0.2, -0.15) is 0 Å². The van der Waals surface area contributed by atoms with E-state index in [1.54, 1.807) is 11.1 Å². The van der Waals surface area contributed by atoms with E-state index < -0.39 is 0 Å². The van der Waals surface area contributed by atoms with Gasteiger partial charge >= 0.3 is 0 Å². The number of aliphatic hydroxyl groups excluding tert-OH is 1. The van der Waals surface area contributed by atoms with E-state index in [9.17, 15) is 4.79 Å². The summed E-state index contributed by atoms with van der Waals surface area (Å²) in [5, 5.41) is 8.97. The minimum Gasteiger partial charge on any atom is -0.444 e. The van der Waals surface area contributed by atoms with Crippen molar-refractivity contribution in [2.75, 3.05) is 11.5 Å². The van der Waals surface area contributed by atoms with Crippen molar-refractivity contribution in [3.05, 3.63) is 60.3 Å². The zero-order chi connectivity index (χ0) is 16.2. The van der Waals surface area contributed by atoms with Crippen molar-refractivity contribution in [1.82, 2.24) is 4.98 Å². The van der Waals surface area contributed by atoms with Gasteiger partial charge in [-0.1, -0.05) is 18.7 Å². The number of hydrogen-bond donors (Lipinski definition) is 1. The highest BCUT2D eigenvalue weighted by Crippen LogP contribution is 2.39. The molecule has 23 heavy (non-hydrogen) atoms. The van der Waals surface area contributed by atoms with Crippen LogP contribution in [0.4, 0.5) is 5.69 Å². The lowest BCUT2D eigenvalue weighted by Crippen LogP contribution is -2.28. The number of hydrogen-bond acceptors (Lipinski definition) is 4. The van der Waals surface area contributed by atoms with Gasteiger partial charge in [-0.25, -0.2) is 4.98 Å². The fourth-order valence-electron chi connectivity index (χ4n) is 2.45. The van der Waals surface area contributed by atoms with Gasteiger partial charge in [-0.15, -0.1) is 0 Å². The number of nitrogens with zero attached hydrogens (tertiary/aromatic N) is 2. The highest BCUT2D eigenvalue weighted by atomic mass is 16.4. The number of carbonyl (C=O) groups is 1. The summed E-state index contributed by atoms with van der Waals surface area (Å²) in [6, 6.07) is 7.55. The van der Waals surface area contributed by atoms with Gasteiger partial charge in [0, 0.05) is 18.2 Å². The lowest BCUT2D eigenvalue weighted by molar-refractivity contribution is -0.114. The molecular weight excluding hydrogens is 292 g/mol. The molecule has 1 aliphatic carbocycles. The van der Waals surface area contributed by atoms with Gasteiger partial charge < -0.3 is 14.4 Å². The van der Waals surface area contributed by atoms with Gasteiger partial charge in [-0.3, -0.25) is 4.79 Å². The maximum absolute atomic E-state index is 12.2. The molecule has 0 bridgehead atoms. The van der Waals surface area contributed by atoms with Crippen LogP contribution in [-0.2, 0) is 17.8 Å². The monoisotopic (exact) mass is 312 g/mol. The van der Waals surface area contributed by atoms with Crippen LogP contribution in [0.25, 0.3) is 0 Å². The summed E-state index contributed by atoms with van der Waals surface area (Å²) >= 11 is 0. The van der Waals surface area contributed by atoms with Gasteiger partial charge in [0.2, 0.25) is 0 Å². The van der Waals surface area contributed by atoms with Crippen LogP contribution in [-0.4, -0.2) is 22.6 Å². The lowest BCUT2D eigenvalue weighted by atomic mass is 10.1. The van der Waals surface area contributed by atoms with Crippen molar-refractivity contribution in [3.8, 4) is 0 Å². The first-order chi connectivity index (χ1) is 11.2. The summed E-state index contributed by atoms with van der Waals surface area (Å²) in [5.74, 6) is 1.69. The van der Waals surface area contributed by atoms with Crippen molar-refractivity contribution in [3.63, 3.8) is 0 Å². The third-order valence-electron chi connectivity index (χ3n) is 3.90. The second kappa shape index (κ2) is 6.79. The predicted molar refractivity (Wildman–Crippen MR) is 87.1 cm³/mol. The first-order valence-electron chi connectivity index (χ1n) is 7.79. The van der Waals surface area contributed by atoms with Crippen LogP contribution in [0.15, 0.2) is 47.5 Å². The third-order valence-corrected chi connectivity index (χ3v) is 3.90. The molecule has 1 fully saturated rings. The molecule has 0 unspecified atom stereocenters. The summed E-state index contributed by atoms with van der Waals surface area (Å²) in [7, 11) is 0. The Kier molecular flexibility index (Phi) is 4.57. The van der Waals surface area contributed by atoms with E-state index in [1.807, 2.05) is 24.3 Å². The molecule has 1 saturated carbocycles.